The molecule has 0 bridgehead atoms. The Bertz CT molecular complexity index is 874. The number of aromatic hydroxyl groups is 1. The third-order valence-corrected chi connectivity index (χ3v) is 2.98. The topological polar surface area (TPSA) is 119 Å². The number of phenolic OH excluding ortho intramolecular Hbond substituents is 1. The molecule has 1 aromatic heterocycles. The Labute approximate surface area is 136 Å². The van der Waals surface area contributed by atoms with Crippen LogP contribution < -0.4 is 4.74 Å². The van der Waals surface area contributed by atoms with E-state index >= 15 is 0 Å². The molecular formula is C11H8F3N5O4S. The predicted octanol–water partition coefficient (Wildman–Crippen LogP) is 2.46. The number of alkyl halides is 3. The molecule has 1 heterocycles. The zero-order valence-electron chi connectivity index (χ0n) is 11.7. The Kier molecular flexibility index (Phi) is 4.54. The van der Waals surface area contributed by atoms with Gasteiger partial charge in [0.2, 0.25) is 10.5 Å². The highest BCUT2D eigenvalue weighted by Crippen LogP contribution is 2.36. The third-order valence-electron chi connectivity index (χ3n) is 2.72. The van der Waals surface area contributed by atoms with Gasteiger partial charge in [0, 0.05) is 11.6 Å². The first-order valence-corrected chi connectivity index (χ1v) is 6.40. The third kappa shape index (κ3) is 3.34. The summed E-state index contributed by atoms with van der Waals surface area (Å²) in [5.41, 5.74) is -0.685. The summed E-state index contributed by atoms with van der Waals surface area (Å²) in [5.74, 6) is -2.34. The van der Waals surface area contributed by atoms with E-state index in [1.165, 1.54) is 0 Å². The van der Waals surface area contributed by atoms with Crippen molar-refractivity contribution in [3.63, 3.8) is 0 Å². The minimum Gasteiger partial charge on any atom is -0.500 e. The van der Waals surface area contributed by atoms with Gasteiger partial charge in [0.1, 0.15) is 0 Å². The Balaban J connectivity index is 2.51. The molecule has 0 saturated heterocycles. The van der Waals surface area contributed by atoms with Crippen LogP contribution in [0.4, 0.5) is 18.9 Å². The van der Waals surface area contributed by atoms with Crippen LogP contribution in [-0.4, -0.2) is 38.2 Å². The zero-order chi connectivity index (χ0) is 18.1. The van der Waals surface area contributed by atoms with Crippen molar-refractivity contribution >= 4 is 24.1 Å². The summed E-state index contributed by atoms with van der Waals surface area (Å²) >= 11 is 4.65. The summed E-state index contributed by atoms with van der Waals surface area (Å²) in [6.45, 7) is 0. The Morgan fingerprint density at radius 1 is 1.54 bits per heavy atom. The summed E-state index contributed by atoms with van der Waals surface area (Å²) in [6.07, 6.45) is -3.92. The van der Waals surface area contributed by atoms with E-state index in [0.29, 0.717) is 4.68 Å². The number of aromatic amines is 1. The van der Waals surface area contributed by atoms with E-state index in [9.17, 15) is 28.4 Å². The first-order chi connectivity index (χ1) is 11.1. The first-order valence-electron chi connectivity index (χ1n) is 5.99. The summed E-state index contributed by atoms with van der Waals surface area (Å²) in [5, 5.41) is 29.0. The van der Waals surface area contributed by atoms with Crippen molar-refractivity contribution in [1.82, 2.24) is 14.9 Å². The number of H-pyrrole nitrogens is 1. The Morgan fingerprint density at radius 2 is 2.21 bits per heavy atom. The van der Waals surface area contributed by atoms with Crippen LogP contribution >= 0.6 is 12.2 Å². The first kappa shape index (κ1) is 17.4. The molecule has 0 amide bonds. The maximum atomic E-state index is 12.8. The summed E-state index contributed by atoms with van der Waals surface area (Å²) in [4.78, 5) is 10.00. The fourth-order valence-electron chi connectivity index (χ4n) is 1.69. The van der Waals surface area contributed by atoms with E-state index < -0.39 is 33.1 Å². The van der Waals surface area contributed by atoms with Gasteiger partial charge in [0.15, 0.2) is 5.75 Å². The van der Waals surface area contributed by atoms with Crippen LogP contribution in [0.1, 0.15) is 11.4 Å². The van der Waals surface area contributed by atoms with Crippen molar-refractivity contribution in [3.8, 4) is 11.5 Å². The number of nitro groups is 1. The number of phenols is 1. The molecule has 9 nitrogen and oxygen atoms in total. The number of nitrogens with one attached hydrogen (secondary N) is 1. The fraction of sp³-hybridized carbons (Fsp3) is 0.182. The van der Waals surface area contributed by atoms with E-state index in [-0.39, 0.29) is 11.3 Å². The molecule has 13 heteroatoms. The molecule has 0 aliphatic rings. The van der Waals surface area contributed by atoms with E-state index in [2.05, 4.69) is 22.4 Å². The number of hydrogen-bond donors (Lipinski definition) is 2. The van der Waals surface area contributed by atoms with E-state index in [0.717, 1.165) is 25.5 Å². The molecular weight excluding hydrogens is 355 g/mol. The standard InChI is InChI=1S/C11H8F3N5O4S/c1-23-7-3-5(2-6(8(7)20)19(21)22)4-15-18-9(11(12,13)14)16-17-10(18)24/h2-4,20H,1H3,(H,17,24)/b15-4+. The minimum atomic E-state index is -4.80. The number of rotatable bonds is 4. The van der Waals surface area contributed by atoms with Gasteiger partial charge in [-0.05, 0) is 18.3 Å². The van der Waals surface area contributed by atoms with Crippen molar-refractivity contribution in [2.75, 3.05) is 7.11 Å². The summed E-state index contributed by atoms with van der Waals surface area (Å²) < 4.78 is 43.0. The van der Waals surface area contributed by atoms with Crippen molar-refractivity contribution in [1.29, 1.82) is 0 Å². The van der Waals surface area contributed by atoms with Crippen LogP contribution in [0.25, 0.3) is 0 Å². The lowest BCUT2D eigenvalue weighted by Crippen LogP contribution is -2.12. The Morgan fingerprint density at radius 3 is 2.75 bits per heavy atom. The lowest BCUT2D eigenvalue weighted by molar-refractivity contribution is -0.386. The maximum Gasteiger partial charge on any atom is 0.453 e. The second-order valence-corrected chi connectivity index (χ2v) is 4.64. The second kappa shape index (κ2) is 6.27. The van der Waals surface area contributed by atoms with Crippen LogP contribution in [0.15, 0.2) is 17.2 Å². The van der Waals surface area contributed by atoms with E-state index in [1.807, 2.05) is 5.10 Å². The van der Waals surface area contributed by atoms with Crippen LogP contribution in [0.3, 0.4) is 0 Å². The average Bonchev–Trinajstić information content (AvgIpc) is 2.87. The van der Waals surface area contributed by atoms with Gasteiger partial charge in [0.25, 0.3) is 5.82 Å². The minimum absolute atomic E-state index is 0.00701. The number of benzene rings is 1. The SMILES string of the molecule is COc1cc(/C=N/n2c(C(F)(F)F)n[nH]c2=S)cc([N+](=O)[O-])c1O. The van der Waals surface area contributed by atoms with Gasteiger partial charge in [0.05, 0.1) is 18.2 Å². The molecule has 0 fully saturated rings. The van der Waals surface area contributed by atoms with E-state index in [1.54, 1.807) is 0 Å². The van der Waals surface area contributed by atoms with Crippen molar-refractivity contribution < 1.29 is 27.9 Å². The highest BCUT2D eigenvalue weighted by atomic mass is 32.1. The molecule has 2 rings (SSSR count). The largest absolute Gasteiger partial charge is 0.500 e. The maximum absolute atomic E-state index is 12.8. The number of methoxy groups -OCH3 is 1. The number of nitro benzene ring substituents is 1. The van der Waals surface area contributed by atoms with Gasteiger partial charge in [-0.3, -0.25) is 10.1 Å². The highest BCUT2D eigenvalue weighted by Gasteiger charge is 2.37. The molecule has 0 unspecified atom stereocenters. The molecule has 24 heavy (non-hydrogen) atoms. The van der Waals surface area contributed by atoms with Gasteiger partial charge in [-0.2, -0.15) is 22.9 Å². The smallest absolute Gasteiger partial charge is 0.453 e. The van der Waals surface area contributed by atoms with Crippen molar-refractivity contribution in [2.24, 2.45) is 5.10 Å². The monoisotopic (exact) mass is 363 g/mol. The molecule has 0 aliphatic carbocycles. The van der Waals surface area contributed by atoms with Crippen molar-refractivity contribution in [3.05, 3.63) is 38.4 Å². The normalized spacial score (nSPS) is 11.8. The molecule has 1 aromatic carbocycles. The van der Waals surface area contributed by atoms with Crippen LogP contribution in [0, 0.1) is 14.9 Å². The molecule has 128 valence electrons. The van der Waals surface area contributed by atoms with Crippen LogP contribution in [0.5, 0.6) is 11.5 Å². The molecule has 0 radical (unpaired) electrons. The zero-order valence-corrected chi connectivity index (χ0v) is 12.6. The number of hydrogen-bond acceptors (Lipinski definition) is 7. The number of aromatic nitrogens is 3. The second-order valence-electron chi connectivity index (χ2n) is 4.25. The molecule has 2 aromatic rings. The van der Waals surface area contributed by atoms with Crippen LogP contribution in [0.2, 0.25) is 0 Å². The van der Waals surface area contributed by atoms with Gasteiger partial charge in [-0.25, -0.2) is 5.10 Å². The summed E-state index contributed by atoms with van der Waals surface area (Å²) in [6, 6.07) is 2.07. The highest BCUT2D eigenvalue weighted by molar-refractivity contribution is 7.71. The quantitative estimate of drug-likeness (QED) is 0.373. The van der Waals surface area contributed by atoms with Crippen LogP contribution in [-0.2, 0) is 6.18 Å². The van der Waals surface area contributed by atoms with E-state index in [4.69, 9.17) is 4.74 Å². The average molecular weight is 363 g/mol. The van der Waals surface area contributed by atoms with Gasteiger partial charge < -0.3 is 9.84 Å². The predicted molar refractivity (Wildman–Crippen MR) is 76.7 cm³/mol. The number of ether oxygens (including phenoxy) is 1. The number of nitrogens with zero attached hydrogens (tertiary/aromatic N) is 4. The molecule has 0 aliphatic heterocycles. The molecule has 0 spiro atoms. The van der Waals surface area contributed by atoms with Crippen molar-refractivity contribution in [2.45, 2.75) is 6.18 Å². The van der Waals surface area contributed by atoms with Gasteiger partial charge in [-0.1, -0.05) is 0 Å². The number of halogens is 3. The Hall–Kier alpha value is -2.96. The summed E-state index contributed by atoms with van der Waals surface area (Å²) in [7, 11) is 1.16. The fourth-order valence-corrected chi connectivity index (χ4v) is 1.87. The van der Waals surface area contributed by atoms with Gasteiger partial charge >= 0.3 is 11.9 Å². The molecule has 2 N–H and O–H groups in total. The lowest BCUT2D eigenvalue weighted by Gasteiger charge is -2.06. The van der Waals surface area contributed by atoms with Gasteiger partial charge in [-0.15, -0.1) is 5.10 Å². The molecule has 0 atom stereocenters. The lowest BCUT2D eigenvalue weighted by atomic mass is 10.2. The molecule has 0 saturated carbocycles.